The largest absolute Gasteiger partial charge is 0.497 e. The predicted octanol–water partition coefficient (Wildman–Crippen LogP) is 4.72. The van der Waals surface area contributed by atoms with Crippen LogP contribution in [0.1, 0.15) is 36.7 Å². The molecule has 6 rings (SSSR count). The zero-order chi connectivity index (χ0) is 31.0. The number of benzene rings is 3. The number of para-hydroxylation sites is 2. The third kappa shape index (κ3) is 5.11. The van der Waals surface area contributed by atoms with Gasteiger partial charge in [0.05, 0.1) is 47.0 Å². The molecule has 0 bridgehead atoms. The number of nitro benzene ring substituents is 1. The minimum Gasteiger partial charge on any atom is -0.497 e. The van der Waals surface area contributed by atoms with Crippen LogP contribution >= 0.6 is 11.3 Å². The summed E-state index contributed by atoms with van der Waals surface area (Å²) in [5.74, 6) is 0.111. The first-order valence-electron chi connectivity index (χ1n) is 13.9. The van der Waals surface area contributed by atoms with E-state index < -0.39 is 12.0 Å². The number of rotatable bonds is 8. The molecule has 2 aromatic heterocycles. The summed E-state index contributed by atoms with van der Waals surface area (Å²) in [7, 11) is 1.57. The van der Waals surface area contributed by atoms with Gasteiger partial charge in [-0.25, -0.2) is 9.79 Å². The smallest absolute Gasteiger partial charge is 0.338 e. The quantitative estimate of drug-likeness (QED) is 0.143. The molecule has 44 heavy (non-hydrogen) atoms. The maximum Gasteiger partial charge on any atom is 0.338 e. The lowest BCUT2D eigenvalue weighted by Gasteiger charge is -2.24. The number of carbonyl (C=O) groups excluding carboxylic acids is 1. The normalized spacial score (nSPS) is 14.8. The summed E-state index contributed by atoms with van der Waals surface area (Å²) in [5, 5.41) is 12.7. The van der Waals surface area contributed by atoms with Gasteiger partial charge in [-0.05, 0) is 49.8 Å². The molecular formula is C33H28N4O6S. The summed E-state index contributed by atoms with van der Waals surface area (Å²) in [6.07, 6.45) is 1.78. The van der Waals surface area contributed by atoms with Crippen LogP contribution in [0, 0.1) is 10.1 Å². The zero-order valence-corrected chi connectivity index (χ0v) is 25.0. The number of aromatic nitrogens is 2. The summed E-state index contributed by atoms with van der Waals surface area (Å²) < 4.78 is 14.6. The van der Waals surface area contributed by atoms with Gasteiger partial charge < -0.3 is 14.0 Å². The second kappa shape index (κ2) is 11.8. The zero-order valence-electron chi connectivity index (χ0n) is 24.2. The van der Waals surface area contributed by atoms with Crippen molar-refractivity contribution in [1.82, 2.24) is 9.13 Å². The number of nitrogens with zero attached hydrogens (tertiary/aromatic N) is 4. The van der Waals surface area contributed by atoms with Crippen molar-refractivity contribution in [2.45, 2.75) is 26.4 Å². The number of allylic oxidation sites excluding steroid dienone is 1. The molecule has 11 heteroatoms. The van der Waals surface area contributed by atoms with Crippen LogP contribution in [0.3, 0.4) is 0 Å². The van der Waals surface area contributed by atoms with E-state index in [4.69, 9.17) is 9.47 Å². The molecule has 1 atom stereocenters. The van der Waals surface area contributed by atoms with Crippen molar-refractivity contribution < 1.29 is 19.2 Å². The van der Waals surface area contributed by atoms with Crippen molar-refractivity contribution in [1.29, 1.82) is 0 Å². The van der Waals surface area contributed by atoms with Gasteiger partial charge in [0, 0.05) is 28.2 Å². The van der Waals surface area contributed by atoms with E-state index in [1.165, 1.54) is 22.0 Å². The molecule has 5 aromatic rings. The van der Waals surface area contributed by atoms with Gasteiger partial charge in [0.15, 0.2) is 4.80 Å². The number of esters is 1. The van der Waals surface area contributed by atoms with Crippen molar-refractivity contribution >= 4 is 40.0 Å². The number of hydrogen-bond donors (Lipinski definition) is 0. The Morgan fingerprint density at radius 3 is 2.55 bits per heavy atom. The van der Waals surface area contributed by atoms with Gasteiger partial charge in [0.2, 0.25) is 0 Å². The molecule has 3 aromatic carbocycles. The van der Waals surface area contributed by atoms with Crippen LogP contribution in [0.4, 0.5) is 5.69 Å². The molecule has 3 heterocycles. The Hall–Kier alpha value is -5.29. The van der Waals surface area contributed by atoms with Gasteiger partial charge in [-0.1, -0.05) is 59.9 Å². The van der Waals surface area contributed by atoms with E-state index in [-0.39, 0.29) is 29.3 Å². The average molecular weight is 609 g/mol. The van der Waals surface area contributed by atoms with E-state index in [9.17, 15) is 19.7 Å². The molecule has 0 aliphatic carbocycles. The van der Waals surface area contributed by atoms with Crippen molar-refractivity contribution in [2.24, 2.45) is 4.99 Å². The van der Waals surface area contributed by atoms with Crippen molar-refractivity contribution in [3.05, 3.63) is 137 Å². The Balaban J connectivity index is 1.54. The number of fused-ring (bicyclic) bond motifs is 2. The number of thiazole rings is 1. The molecule has 222 valence electrons. The number of carbonyl (C=O) groups is 1. The van der Waals surface area contributed by atoms with Crippen LogP contribution in [-0.4, -0.2) is 33.7 Å². The van der Waals surface area contributed by atoms with E-state index >= 15 is 0 Å². The molecule has 0 radical (unpaired) electrons. The lowest BCUT2D eigenvalue weighted by atomic mass is 9.96. The van der Waals surface area contributed by atoms with Crippen LogP contribution in [0.5, 0.6) is 5.75 Å². The highest BCUT2D eigenvalue weighted by Gasteiger charge is 2.33. The lowest BCUT2D eigenvalue weighted by molar-refractivity contribution is -0.385. The molecule has 0 N–H and O–H groups in total. The SMILES string of the molecule is CCOC(=O)C1=C(C)N=c2sc(=Cc3cc4ccccc4n3Cc3ccccc3[N+](=O)[O-])c(=O)n2C1c1ccc(OC)cc1. The van der Waals surface area contributed by atoms with Gasteiger partial charge in [0.25, 0.3) is 11.2 Å². The Kier molecular flexibility index (Phi) is 7.71. The molecule has 0 amide bonds. The standard InChI is InChI=1S/C33H28N4O6S/c1-4-43-32(39)29-20(2)34-33-36(30(29)21-13-15-25(42-3)16-14-21)31(38)28(44-33)18-24-17-22-9-5-7-11-26(22)35(24)19-23-10-6-8-12-27(23)37(40)41/h5-18,30H,4,19H2,1-3H3. The molecule has 1 aliphatic heterocycles. The fraction of sp³-hybridized carbons (Fsp3) is 0.182. The number of methoxy groups -OCH3 is 1. The van der Waals surface area contributed by atoms with Crippen molar-refractivity contribution in [3.8, 4) is 5.75 Å². The number of hydrogen-bond acceptors (Lipinski definition) is 8. The maximum atomic E-state index is 14.2. The molecule has 0 spiro atoms. The third-order valence-corrected chi connectivity index (χ3v) is 8.57. The van der Waals surface area contributed by atoms with E-state index in [1.54, 1.807) is 57.4 Å². The van der Waals surface area contributed by atoms with Gasteiger partial charge in [0.1, 0.15) is 5.75 Å². The fourth-order valence-electron chi connectivity index (χ4n) is 5.55. The topological polar surface area (TPSA) is 118 Å². The van der Waals surface area contributed by atoms with E-state index in [0.29, 0.717) is 43.2 Å². The van der Waals surface area contributed by atoms with Crippen LogP contribution < -0.4 is 19.6 Å². The van der Waals surface area contributed by atoms with Crippen LogP contribution in [0.15, 0.2) is 99.9 Å². The first-order chi connectivity index (χ1) is 21.3. The predicted molar refractivity (Wildman–Crippen MR) is 168 cm³/mol. The van der Waals surface area contributed by atoms with Crippen LogP contribution in [-0.2, 0) is 16.1 Å². The first kappa shape index (κ1) is 28.8. The van der Waals surface area contributed by atoms with E-state index in [2.05, 4.69) is 4.99 Å². The molecular weight excluding hydrogens is 580 g/mol. The first-order valence-corrected chi connectivity index (χ1v) is 14.8. The maximum absolute atomic E-state index is 14.2. The minimum atomic E-state index is -0.754. The second-order valence-electron chi connectivity index (χ2n) is 10.2. The monoisotopic (exact) mass is 608 g/mol. The minimum absolute atomic E-state index is 0.0251. The molecule has 0 saturated carbocycles. The molecule has 0 saturated heterocycles. The van der Waals surface area contributed by atoms with Gasteiger partial charge in [-0.3, -0.25) is 19.5 Å². The summed E-state index contributed by atoms with van der Waals surface area (Å²) >= 11 is 1.22. The Labute approximate surface area is 255 Å². The van der Waals surface area contributed by atoms with Crippen LogP contribution in [0.25, 0.3) is 17.0 Å². The van der Waals surface area contributed by atoms with Crippen molar-refractivity contribution in [3.63, 3.8) is 0 Å². The Morgan fingerprint density at radius 2 is 1.82 bits per heavy atom. The lowest BCUT2D eigenvalue weighted by Crippen LogP contribution is -2.40. The number of nitro groups is 1. The highest BCUT2D eigenvalue weighted by atomic mass is 32.1. The van der Waals surface area contributed by atoms with Gasteiger partial charge >= 0.3 is 5.97 Å². The third-order valence-electron chi connectivity index (χ3n) is 7.59. The summed E-state index contributed by atoms with van der Waals surface area (Å²) in [6, 6.07) is 22.8. The molecule has 1 unspecified atom stereocenters. The second-order valence-corrected chi connectivity index (χ2v) is 11.2. The number of ether oxygens (including phenoxy) is 2. The summed E-state index contributed by atoms with van der Waals surface area (Å²) in [5.41, 5.74) is 3.32. The van der Waals surface area contributed by atoms with Crippen LogP contribution in [0.2, 0.25) is 0 Å². The molecule has 0 fully saturated rings. The highest BCUT2D eigenvalue weighted by molar-refractivity contribution is 7.07. The average Bonchev–Trinajstić information content (AvgIpc) is 3.52. The molecule has 10 nitrogen and oxygen atoms in total. The highest BCUT2D eigenvalue weighted by Crippen LogP contribution is 2.32. The summed E-state index contributed by atoms with van der Waals surface area (Å²) in [4.78, 5) is 43.9. The van der Waals surface area contributed by atoms with E-state index in [0.717, 1.165) is 10.9 Å². The fourth-order valence-corrected chi connectivity index (χ4v) is 6.58. The Morgan fingerprint density at radius 1 is 1.09 bits per heavy atom. The molecule has 1 aliphatic rings. The van der Waals surface area contributed by atoms with E-state index in [1.807, 2.05) is 47.0 Å². The Bertz CT molecular complexity index is 2140. The van der Waals surface area contributed by atoms with Crippen molar-refractivity contribution in [2.75, 3.05) is 13.7 Å². The van der Waals surface area contributed by atoms with Gasteiger partial charge in [-0.15, -0.1) is 0 Å². The summed E-state index contributed by atoms with van der Waals surface area (Å²) in [6.45, 7) is 3.88. The van der Waals surface area contributed by atoms with Gasteiger partial charge in [-0.2, -0.15) is 0 Å².